The highest BCUT2D eigenvalue weighted by Crippen LogP contribution is 2.23. The summed E-state index contributed by atoms with van der Waals surface area (Å²) in [5, 5.41) is 0. The fourth-order valence-corrected chi connectivity index (χ4v) is 2.51. The van der Waals surface area contributed by atoms with Gasteiger partial charge >= 0.3 is 0 Å². The molecule has 0 saturated carbocycles. The molecule has 4 heteroatoms. The normalized spacial score (nSPS) is 21.8. The SMILES string of the molecule is Cc1cc(Br)cnc1N1CCCC(N)C1. The highest BCUT2D eigenvalue weighted by Gasteiger charge is 2.19. The van der Waals surface area contributed by atoms with Gasteiger partial charge in [-0.05, 0) is 47.3 Å². The summed E-state index contributed by atoms with van der Waals surface area (Å²) in [6.07, 6.45) is 4.15. The predicted octanol–water partition coefficient (Wildman–Crippen LogP) is 2.08. The van der Waals surface area contributed by atoms with Gasteiger partial charge in [0, 0.05) is 29.8 Å². The molecule has 0 spiro atoms. The van der Waals surface area contributed by atoms with E-state index in [1.807, 2.05) is 6.20 Å². The lowest BCUT2D eigenvalue weighted by atomic mass is 10.1. The maximum absolute atomic E-state index is 5.96. The molecule has 0 amide bonds. The number of anilines is 1. The second-order valence-corrected chi connectivity index (χ2v) is 5.06. The Hall–Kier alpha value is -0.610. The molecule has 2 heterocycles. The number of pyridine rings is 1. The Morgan fingerprint density at radius 3 is 3.07 bits per heavy atom. The van der Waals surface area contributed by atoms with Crippen LogP contribution in [0.15, 0.2) is 16.7 Å². The van der Waals surface area contributed by atoms with E-state index in [2.05, 4.69) is 38.8 Å². The van der Waals surface area contributed by atoms with Gasteiger partial charge in [0.1, 0.15) is 5.82 Å². The van der Waals surface area contributed by atoms with Gasteiger partial charge in [-0.25, -0.2) is 4.98 Å². The van der Waals surface area contributed by atoms with Crippen LogP contribution in [-0.2, 0) is 0 Å². The summed E-state index contributed by atoms with van der Waals surface area (Å²) in [7, 11) is 0. The number of hydrogen-bond donors (Lipinski definition) is 1. The van der Waals surface area contributed by atoms with Crippen molar-refractivity contribution in [1.29, 1.82) is 0 Å². The third kappa shape index (κ3) is 2.49. The van der Waals surface area contributed by atoms with Crippen molar-refractivity contribution in [3.8, 4) is 0 Å². The zero-order chi connectivity index (χ0) is 10.8. The van der Waals surface area contributed by atoms with Crippen LogP contribution in [0.4, 0.5) is 5.82 Å². The van der Waals surface area contributed by atoms with Gasteiger partial charge in [-0.1, -0.05) is 0 Å². The van der Waals surface area contributed by atoms with Crippen LogP contribution in [0.1, 0.15) is 18.4 Å². The van der Waals surface area contributed by atoms with Gasteiger partial charge < -0.3 is 10.6 Å². The van der Waals surface area contributed by atoms with Crippen LogP contribution in [0.3, 0.4) is 0 Å². The molecule has 0 aromatic carbocycles. The smallest absolute Gasteiger partial charge is 0.131 e. The molecule has 15 heavy (non-hydrogen) atoms. The van der Waals surface area contributed by atoms with Gasteiger partial charge in [0.15, 0.2) is 0 Å². The highest BCUT2D eigenvalue weighted by atomic mass is 79.9. The Labute approximate surface area is 98.8 Å². The summed E-state index contributed by atoms with van der Waals surface area (Å²) in [4.78, 5) is 6.75. The maximum Gasteiger partial charge on any atom is 0.131 e. The van der Waals surface area contributed by atoms with E-state index in [4.69, 9.17) is 5.73 Å². The molecule has 1 saturated heterocycles. The van der Waals surface area contributed by atoms with Gasteiger partial charge in [-0.2, -0.15) is 0 Å². The molecule has 3 nitrogen and oxygen atoms in total. The van der Waals surface area contributed by atoms with Crippen LogP contribution in [-0.4, -0.2) is 24.1 Å². The predicted molar refractivity (Wildman–Crippen MR) is 66.1 cm³/mol. The number of rotatable bonds is 1. The first-order chi connectivity index (χ1) is 7.16. The lowest BCUT2D eigenvalue weighted by Crippen LogP contribution is -2.43. The minimum Gasteiger partial charge on any atom is -0.355 e. The second-order valence-electron chi connectivity index (χ2n) is 4.14. The molecule has 1 aliphatic rings. The fourth-order valence-electron chi connectivity index (χ4n) is 2.07. The minimum atomic E-state index is 0.295. The molecular weight excluding hydrogens is 254 g/mol. The number of aromatic nitrogens is 1. The third-order valence-electron chi connectivity index (χ3n) is 2.77. The molecule has 2 rings (SSSR count). The Kier molecular flexibility index (Phi) is 3.26. The van der Waals surface area contributed by atoms with E-state index in [0.717, 1.165) is 29.8 Å². The fraction of sp³-hybridized carbons (Fsp3) is 0.545. The standard InChI is InChI=1S/C11H16BrN3/c1-8-5-9(12)6-14-11(8)15-4-2-3-10(13)7-15/h5-6,10H,2-4,7,13H2,1H3. The summed E-state index contributed by atoms with van der Waals surface area (Å²) in [6, 6.07) is 2.39. The van der Waals surface area contributed by atoms with Crippen LogP contribution < -0.4 is 10.6 Å². The van der Waals surface area contributed by atoms with Crippen LogP contribution in [0, 0.1) is 6.92 Å². The molecule has 0 bridgehead atoms. The van der Waals surface area contributed by atoms with Crippen molar-refractivity contribution >= 4 is 21.7 Å². The Bertz CT molecular complexity index is 354. The number of aryl methyl sites for hydroxylation is 1. The number of piperidine rings is 1. The first-order valence-electron chi connectivity index (χ1n) is 5.29. The van der Waals surface area contributed by atoms with Crippen molar-refractivity contribution in [2.24, 2.45) is 5.73 Å². The minimum absolute atomic E-state index is 0.295. The van der Waals surface area contributed by atoms with Crippen LogP contribution in [0.2, 0.25) is 0 Å². The van der Waals surface area contributed by atoms with Crippen molar-refractivity contribution in [2.75, 3.05) is 18.0 Å². The van der Waals surface area contributed by atoms with Gasteiger partial charge in [0.25, 0.3) is 0 Å². The van der Waals surface area contributed by atoms with Crippen LogP contribution in [0.25, 0.3) is 0 Å². The highest BCUT2D eigenvalue weighted by molar-refractivity contribution is 9.10. The Morgan fingerprint density at radius 1 is 1.60 bits per heavy atom. The molecule has 1 aromatic heterocycles. The number of hydrogen-bond acceptors (Lipinski definition) is 3. The molecular formula is C11H16BrN3. The van der Waals surface area contributed by atoms with E-state index < -0.39 is 0 Å². The number of nitrogens with two attached hydrogens (primary N) is 1. The molecule has 0 radical (unpaired) electrons. The zero-order valence-electron chi connectivity index (χ0n) is 8.91. The van der Waals surface area contributed by atoms with Crippen molar-refractivity contribution in [3.05, 3.63) is 22.3 Å². The lowest BCUT2D eigenvalue weighted by molar-refractivity contribution is 0.502. The first kappa shape index (κ1) is 10.9. The second kappa shape index (κ2) is 4.49. The largest absolute Gasteiger partial charge is 0.355 e. The van der Waals surface area contributed by atoms with Gasteiger partial charge in [0.2, 0.25) is 0 Å². The molecule has 1 aromatic rings. The lowest BCUT2D eigenvalue weighted by Gasteiger charge is -2.32. The molecule has 1 unspecified atom stereocenters. The molecule has 1 aliphatic heterocycles. The Morgan fingerprint density at radius 2 is 2.40 bits per heavy atom. The van der Waals surface area contributed by atoms with Crippen molar-refractivity contribution in [3.63, 3.8) is 0 Å². The monoisotopic (exact) mass is 269 g/mol. The van der Waals surface area contributed by atoms with E-state index in [-0.39, 0.29) is 0 Å². The summed E-state index contributed by atoms with van der Waals surface area (Å²) in [6.45, 7) is 4.09. The summed E-state index contributed by atoms with van der Waals surface area (Å²) < 4.78 is 1.03. The van der Waals surface area contributed by atoms with Crippen LogP contribution in [0.5, 0.6) is 0 Å². The molecule has 2 N–H and O–H groups in total. The molecule has 82 valence electrons. The van der Waals surface area contributed by atoms with E-state index >= 15 is 0 Å². The summed E-state index contributed by atoms with van der Waals surface area (Å²) in [5.41, 5.74) is 7.17. The van der Waals surface area contributed by atoms with Gasteiger partial charge in [-0.15, -0.1) is 0 Å². The van der Waals surface area contributed by atoms with Crippen molar-refractivity contribution in [1.82, 2.24) is 4.98 Å². The molecule has 0 aliphatic carbocycles. The Balaban J connectivity index is 2.21. The summed E-state index contributed by atoms with van der Waals surface area (Å²) in [5.74, 6) is 1.08. The zero-order valence-corrected chi connectivity index (χ0v) is 10.5. The molecule has 1 fully saturated rings. The first-order valence-corrected chi connectivity index (χ1v) is 6.09. The van der Waals surface area contributed by atoms with E-state index in [1.54, 1.807) is 0 Å². The average molecular weight is 270 g/mol. The van der Waals surface area contributed by atoms with Crippen molar-refractivity contribution in [2.45, 2.75) is 25.8 Å². The third-order valence-corrected chi connectivity index (χ3v) is 3.21. The average Bonchev–Trinajstić information content (AvgIpc) is 2.17. The topological polar surface area (TPSA) is 42.2 Å². The van der Waals surface area contributed by atoms with E-state index in [9.17, 15) is 0 Å². The van der Waals surface area contributed by atoms with Gasteiger partial charge in [0.05, 0.1) is 0 Å². The van der Waals surface area contributed by atoms with E-state index in [1.165, 1.54) is 12.0 Å². The quantitative estimate of drug-likeness (QED) is 0.849. The summed E-state index contributed by atoms with van der Waals surface area (Å²) >= 11 is 3.43. The van der Waals surface area contributed by atoms with Crippen molar-refractivity contribution < 1.29 is 0 Å². The maximum atomic E-state index is 5.96. The molecule has 1 atom stereocenters. The number of nitrogens with zero attached hydrogens (tertiary/aromatic N) is 2. The number of halogens is 1. The van der Waals surface area contributed by atoms with E-state index in [0.29, 0.717) is 6.04 Å². The van der Waals surface area contributed by atoms with Gasteiger partial charge in [-0.3, -0.25) is 0 Å². The van der Waals surface area contributed by atoms with Crippen LogP contribution >= 0.6 is 15.9 Å².